The van der Waals surface area contributed by atoms with Gasteiger partial charge in [-0.2, -0.15) is 0 Å². The van der Waals surface area contributed by atoms with Crippen LogP contribution in [0.1, 0.15) is 28.8 Å². The number of hydrogen-bond donors (Lipinski definition) is 3. The standard InChI is InChI=1S/C20H19BrN2O4/c21-16-10-8-15(9-11-16)19(26)23-17(13-14-5-2-1-3-6-14)20(27)22-12-4-7-18(24)25/h1-3,5-6,8-11,13H,4,7,12H2,(H,22,27)(H,23,26)(H,24,25). The molecule has 2 amide bonds. The van der Waals surface area contributed by atoms with Gasteiger partial charge in [-0.1, -0.05) is 46.3 Å². The summed E-state index contributed by atoms with van der Waals surface area (Å²) >= 11 is 3.31. The van der Waals surface area contributed by atoms with Gasteiger partial charge in [0, 0.05) is 23.0 Å². The molecule has 3 N–H and O–H groups in total. The maximum absolute atomic E-state index is 12.5. The Balaban J connectivity index is 2.13. The lowest BCUT2D eigenvalue weighted by Gasteiger charge is -2.11. The number of nitrogens with one attached hydrogen (secondary N) is 2. The minimum absolute atomic E-state index is 0.0384. The van der Waals surface area contributed by atoms with Gasteiger partial charge < -0.3 is 15.7 Å². The molecule has 7 heteroatoms. The summed E-state index contributed by atoms with van der Waals surface area (Å²) in [6.45, 7) is 0.200. The maximum atomic E-state index is 12.5. The van der Waals surface area contributed by atoms with Crippen molar-refractivity contribution in [1.82, 2.24) is 10.6 Å². The number of aliphatic carboxylic acids is 1. The summed E-state index contributed by atoms with van der Waals surface area (Å²) < 4.78 is 0.843. The van der Waals surface area contributed by atoms with Crippen molar-refractivity contribution >= 4 is 39.8 Å². The van der Waals surface area contributed by atoms with Crippen molar-refractivity contribution < 1.29 is 19.5 Å². The van der Waals surface area contributed by atoms with E-state index < -0.39 is 17.8 Å². The molecule has 0 heterocycles. The monoisotopic (exact) mass is 430 g/mol. The van der Waals surface area contributed by atoms with E-state index in [0.717, 1.165) is 10.0 Å². The fourth-order valence-corrected chi connectivity index (χ4v) is 2.47. The Bertz CT molecular complexity index is 833. The van der Waals surface area contributed by atoms with Crippen LogP contribution in [-0.2, 0) is 9.59 Å². The molecule has 140 valence electrons. The zero-order valence-electron chi connectivity index (χ0n) is 14.4. The second kappa shape index (κ2) is 10.3. The molecule has 0 atom stereocenters. The van der Waals surface area contributed by atoms with Crippen molar-refractivity contribution in [1.29, 1.82) is 0 Å². The number of hydrogen-bond acceptors (Lipinski definition) is 3. The van der Waals surface area contributed by atoms with Crippen LogP contribution in [0.15, 0.2) is 64.8 Å². The molecule has 0 aliphatic rings. The van der Waals surface area contributed by atoms with Gasteiger partial charge in [-0.25, -0.2) is 0 Å². The van der Waals surface area contributed by atoms with Crippen molar-refractivity contribution in [2.45, 2.75) is 12.8 Å². The summed E-state index contributed by atoms with van der Waals surface area (Å²) in [5.74, 6) is -1.81. The third-order valence-corrected chi connectivity index (χ3v) is 4.09. The average molecular weight is 431 g/mol. The first-order valence-electron chi connectivity index (χ1n) is 8.29. The number of benzene rings is 2. The van der Waals surface area contributed by atoms with Gasteiger partial charge in [0.2, 0.25) is 0 Å². The molecule has 0 aliphatic heterocycles. The summed E-state index contributed by atoms with van der Waals surface area (Å²) in [4.78, 5) is 35.5. The molecule has 6 nitrogen and oxygen atoms in total. The highest BCUT2D eigenvalue weighted by atomic mass is 79.9. The molecule has 27 heavy (non-hydrogen) atoms. The molecule has 0 spiro atoms. The fraction of sp³-hybridized carbons (Fsp3) is 0.150. The van der Waals surface area contributed by atoms with E-state index in [0.29, 0.717) is 12.0 Å². The van der Waals surface area contributed by atoms with Gasteiger partial charge in [-0.3, -0.25) is 14.4 Å². The number of carboxylic acid groups (broad SMARTS) is 1. The Hall–Kier alpha value is -2.93. The zero-order chi connectivity index (χ0) is 19.6. The topological polar surface area (TPSA) is 95.5 Å². The van der Waals surface area contributed by atoms with E-state index in [4.69, 9.17) is 5.11 Å². The van der Waals surface area contributed by atoms with Crippen LogP contribution >= 0.6 is 15.9 Å². The highest BCUT2D eigenvalue weighted by Crippen LogP contribution is 2.11. The molecular weight excluding hydrogens is 412 g/mol. The number of halogens is 1. The second-order valence-electron chi connectivity index (χ2n) is 5.68. The summed E-state index contributed by atoms with van der Waals surface area (Å²) in [7, 11) is 0. The van der Waals surface area contributed by atoms with Crippen molar-refractivity contribution in [2.75, 3.05) is 6.54 Å². The third kappa shape index (κ3) is 7.07. The number of amides is 2. The van der Waals surface area contributed by atoms with Gasteiger partial charge in [0.05, 0.1) is 0 Å². The lowest BCUT2D eigenvalue weighted by Crippen LogP contribution is -2.35. The normalized spacial score (nSPS) is 10.9. The van der Waals surface area contributed by atoms with E-state index in [1.165, 1.54) is 0 Å². The van der Waals surface area contributed by atoms with Crippen LogP contribution in [0, 0.1) is 0 Å². The maximum Gasteiger partial charge on any atom is 0.303 e. The smallest absolute Gasteiger partial charge is 0.303 e. The number of carboxylic acids is 1. The molecule has 0 aliphatic carbocycles. The third-order valence-electron chi connectivity index (χ3n) is 3.56. The van der Waals surface area contributed by atoms with Gasteiger partial charge in [-0.15, -0.1) is 0 Å². The summed E-state index contributed by atoms with van der Waals surface area (Å²) in [5.41, 5.74) is 1.25. The SMILES string of the molecule is O=C(O)CCCNC(=O)C(=Cc1ccccc1)NC(=O)c1ccc(Br)cc1. The lowest BCUT2D eigenvalue weighted by atomic mass is 10.1. The predicted molar refractivity (Wildman–Crippen MR) is 106 cm³/mol. The van der Waals surface area contributed by atoms with E-state index in [1.54, 1.807) is 30.3 Å². The van der Waals surface area contributed by atoms with Gasteiger partial charge in [-0.05, 0) is 42.3 Å². The molecular formula is C20H19BrN2O4. The Kier molecular flexibility index (Phi) is 7.76. The molecule has 2 aromatic rings. The van der Waals surface area contributed by atoms with Crippen LogP contribution in [0.25, 0.3) is 6.08 Å². The van der Waals surface area contributed by atoms with Crippen molar-refractivity contribution in [2.24, 2.45) is 0 Å². The van der Waals surface area contributed by atoms with Crippen molar-refractivity contribution in [3.05, 3.63) is 75.9 Å². The first kappa shape index (κ1) is 20.4. The lowest BCUT2D eigenvalue weighted by molar-refractivity contribution is -0.137. The summed E-state index contributed by atoms with van der Waals surface area (Å²) in [6, 6.07) is 15.9. The summed E-state index contributed by atoms with van der Waals surface area (Å²) in [6.07, 6.45) is 1.84. The average Bonchev–Trinajstić information content (AvgIpc) is 2.65. The van der Waals surface area contributed by atoms with Gasteiger partial charge in [0.1, 0.15) is 5.70 Å². The molecule has 2 rings (SSSR count). The molecule has 0 aromatic heterocycles. The van der Waals surface area contributed by atoms with Crippen LogP contribution in [0.3, 0.4) is 0 Å². The van der Waals surface area contributed by atoms with Crippen LogP contribution in [0.5, 0.6) is 0 Å². The minimum Gasteiger partial charge on any atom is -0.481 e. The first-order valence-corrected chi connectivity index (χ1v) is 9.08. The Labute approximate surface area is 165 Å². The van der Waals surface area contributed by atoms with Crippen LogP contribution in [-0.4, -0.2) is 29.4 Å². The molecule has 0 saturated heterocycles. The predicted octanol–water partition coefficient (Wildman–Crippen LogP) is 3.20. The molecule has 0 saturated carbocycles. The van der Waals surface area contributed by atoms with E-state index >= 15 is 0 Å². The van der Waals surface area contributed by atoms with Crippen LogP contribution in [0.4, 0.5) is 0 Å². The number of rotatable bonds is 8. The summed E-state index contributed by atoms with van der Waals surface area (Å²) in [5, 5.41) is 13.9. The Morgan fingerprint density at radius 3 is 2.30 bits per heavy atom. The Morgan fingerprint density at radius 2 is 1.67 bits per heavy atom. The van der Waals surface area contributed by atoms with Gasteiger partial charge in [0.15, 0.2) is 0 Å². The van der Waals surface area contributed by atoms with Crippen LogP contribution < -0.4 is 10.6 Å². The second-order valence-corrected chi connectivity index (χ2v) is 6.60. The molecule has 0 bridgehead atoms. The van der Waals surface area contributed by atoms with E-state index in [2.05, 4.69) is 26.6 Å². The highest BCUT2D eigenvalue weighted by molar-refractivity contribution is 9.10. The molecule has 2 aromatic carbocycles. The van der Waals surface area contributed by atoms with E-state index in [9.17, 15) is 14.4 Å². The first-order chi connectivity index (χ1) is 13.0. The van der Waals surface area contributed by atoms with E-state index in [1.807, 2.05) is 30.3 Å². The van der Waals surface area contributed by atoms with Crippen molar-refractivity contribution in [3.63, 3.8) is 0 Å². The minimum atomic E-state index is -0.923. The number of carbonyl (C=O) groups is 3. The van der Waals surface area contributed by atoms with E-state index in [-0.39, 0.29) is 18.7 Å². The Morgan fingerprint density at radius 1 is 1.00 bits per heavy atom. The fourth-order valence-electron chi connectivity index (χ4n) is 2.21. The highest BCUT2D eigenvalue weighted by Gasteiger charge is 2.14. The molecule has 0 fully saturated rings. The van der Waals surface area contributed by atoms with Gasteiger partial charge in [0.25, 0.3) is 11.8 Å². The van der Waals surface area contributed by atoms with Crippen molar-refractivity contribution in [3.8, 4) is 0 Å². The largest absolute Gasteiger partial charge is 0.481 e. The van der Waals surface area contributed by atoms with Gasteiger partial charge >= 0.3 is 5.97 Å². The van der Waals surface area contributed by atoms with Crippen LogP contribution in [0.2, 0.25) is 0 Å². The molecule has 0 unspecified atom stereocenters. The quantitative estimate of drug-likeness (QED) is 0.442. The number of carbonyl (C=O) groups excluding carboxylic acids is 2. The zero-order valence-corrected chi connectivity index (χ0v) is 16.0. The molecule has 0 radical (unpaired) electrons.